The van der Waals surface area contributed by atoms with Crippen LogP contribution in [-0.4, -0.2) is 18.0 Å². The third kappa shape index (κ3) is 2.85. The van der Waals surface area contributed by atoms with E-state index in [0.717, 1.165) is 25.0 Å². The fourth-order valence-electron chi connectivity index (χ4n) is 3.57. The van der Waals surface area contributed by atoms with E-state index in [1.165, 1.54) is 22.5 Å². The molecule has 4 nitrogen and oxygen atoms in total. The molecule has 0 spiro atoms. The molecule has 0 fully saturated rings. The number of amides is 1. The maximum atomic E-state index is 13.0. The third-order valence-corrected chi connectivity index (χ3v) is 5.49. The predicted molar refractivity (Wildman–Crippen MR) is 93.2 cm³/mol. The van der Waals surface area contributed by atoms with Crippen molar-refractivity contribution >= 4 is 22.4 Å². The van der Waals surface area contributed by atoms with Crippen LogP contribution in [0.15, 0.2) is 29.8 Å². The van der Waals surface area contributed by atoms with Crippen molar-refractivity contribution in [3.05, 3.63) is 40.9 Å². The molecule has 23 heavy (non-hydrogen) atoms. The number of ether oxygens (including phenoxy) is 1. The van der Waals surface area contributed by atoms with E-state index in [-0.39, 0.29) is 11.8 Å². The molecule has 0 saturated heterocycles. The van der Waals surface area contributed by atoms with Gasteiger partial charge in [0.25, 0.3) is 0 Å². The normalized spacial score (nSPS) is 22.7. The number of hydrogen-bond acceptors (Lipinski definition) is 4. The van der Waals surface area contributed by atoms with E-state index >= 15 is 0 Å². The van der Waals surface area contributed by atoms with Crippen LogP contribution >= 0.6 is 11.3 Å². The van der Waals surface area contributed by atoms with Crippen LogP contribution in [-0.2, 0) is 11.2 Å². The van der Waals surface area contributed by atoms with Crippen LogP contribution in [0.2, 0.25) is 0 Å². The lowest BCUT2D eigenvalue weighted by Gasteiger charge is -2.30. The molecule has 1 aromatic heterocycles. The van der Waals surface area contributed by atoms with E-state index < -0.39 is 5.41 Å². The molecule has 0 aliphatic heterocycles. The Morgan fingerprint density at radius 2 is 2.35 bits per heavy atom. The number of carbonyl (C=O) groups is 1. The van der Waals surface area contributed by atoms with Crippen LogP contribution < -0.4 is 10.1 Å². The highest BCUT2D eigenvalue weighted by Crippen LogP contribution is 2.51. The summed E-state index contributed by atoms with van der Waals surface area (Å²) in [6.45, 7) is 4.24. The maximum Gasteiger partial charge on any atom is 0.233 e. The summed E-state index contributed by atoms with van der Waals surface area (Å²) in [5.41, 5.74) is 2.06. The number of benzene rings is 1. The summed E-state index contributed by atoms with van der Waals surface area (Å²) in [6, 6.07) is 6.17. The zero-order chi connectivity index (χ0) is 16.4. The molecule has 122 valence electrons. The number of hydrogen-bond donors (Lipinski definition) is 1. The second-order valence-corrected chi connectivity index (χ2v) is 7.19. The Bertz CT molecular complexity index is 699. The minimum atomic E-state index is -0.448. The molecule has 1 N–H and O–H groups in total. The lowest BCUT2D eigenvalue weighted by molar-refractivity contribution is -0.125. The van der Waals surface area contributed by atoms with Crippen molar-refractivity contribution in [2.75, 3.05) is 12.4 Å². The molecule has 1 heterocycles. The Labute approximate surface area is 140 Å². The predicted octanol–water partition coefficient (Wildman–Crippen LogP) is 4.24. The molecule has 0 bridgehead atoms. The number of rotatable bonds is 5. The smallest absolute Gasteiger partial charge is 0.233 e. The van der Waals surface area contributed by atoms with Gasteiger partial charge in [-0.25, -0.2) is 4.98 Å². The number of carbonyl (C=O) groups excluding carboxylic acids is 1. The molecule has 0 radical (unpaired) electrons. The Kier molecular flexibility index (Phi) is 4.39. The quantitative estimate of drug-likeness (QED) is 0.892. The first-order valence-electron chi connectivity index (χ1n) is 7.96. The fourth-order valence-corrected chi connectivity index (χ4v) is 4.10. The molecule has 2 aromatic rings. The topological polar surface area (TPSA) is 51.2 Å². The Morgan fingerprint density at radius 3 is 3.00 bits per heavy atom. The van der Waals surface area contributed by atoms with Crippen molar-refractivity contribution in [3.63, 3.8) is 0 Å². The number of thiazole rings is 1. The van der Waals surface area contributed by atoms with Crippen LogP contribution in [0.3, 0.4) is 0 Å². The van der Waals surface area contributed by atoms with Gasteiger partial charge in [-0.2, -0.15) is 0 Å². The van der Waals surface area contributed by atoms with Crippen LogP contribution in [0, 0.1) is 5.41 Å². The van der Waals surface area contributed by atoms with Crippen LogP contribution in [0.25, 0.3) is 0 Å². The summed E-state index contributed by atoms with van der Waals surface area (Å²) < 4.78 is 5.37. The van der Waals surface area contributed by atoms with Gasteiger partial charge in [0.15, 0.2) is 5.13 Å². The molecule has 3 rings (SSSR count). The average molecular weight is 330 g/mol. The van der Waals surface area contributed by atoms with Crippen molar-refractivity contribution in [2.45, 2.75) is 39.0 Å². The number of methoxy groups -OCH3 is 1. The number of nitrogens with one attached hydrogen (secondary N) is 1. The molecule has 1 aliphatic rings. The van der Waals surface area contributed by atoms with Crippen LogP contribution in [0.1, 0.15) is 43.7 Å². The van der Waals surface area contributed by atoms with E-state index in [2.05, 4.69) is 36.3 Å². The average Bonchev–Trinajstić information content (AvgIpc) is 3.15. The summed E-state index contributed by atoms with van der Waals surface area (Å²) in [6.07, 6.45) is 4.50. The fraction of sp³-hybridized carbons (Fsp3) is 0.444. The Hall–Kier alpha value is -1.88. The number of anilines is 1. The Balaban J connectivity index is 1.93. The van der Waals surface area contributed by atoms with Gasteiger partial charge in [-0.15, -0.1) is 11.3 Å². The van der Waals surface area contributed by atoms with E-state index in [4.69, 9.17) is 4.74 Å². The van der Waals surface area contributed by atoms with Crippen molar-refractivity contribution in [1.29, 1.82) is 0 Å². The lowest BCUT2D eigenvalue weighted by Crippen LogP contribution is -2.37. The molecule has 2 atom stereocenters. The number of nitrogens with zero attached hydrogens (tertiary/aromatic N) is 1. The van der Waals surface area contributed by atoms with Gasteiger partial charge in [-0.3, -0.25) is 4.79 Å². The van der Waals surface area contributed by atoms with Gasteiger partial charge in [-0.1, -0.05) is 19.4 Å². The summed E-state index contributed by atoms with van der Waals surface area (Å²) in [5, 5.41) is 5.53. The van der Waals surface area contributed by atoms with Gasteiger partial charge in [0, 0.05) is 11.6 Å². The minimum Gasteiger partial charge on any atom is -0.497 e. The van der Waals surface area contributed by atoms with Gasteiger partial charge >= 0.3 is 0 Å². The molecule has 5 heteroatoms. The molecular formula is C18H22N2O2S. The zero-order valence-corrected chi connectivity index (χ0v) is 14.6. The number of fused-ring (bicyclic) bond motifs is 1. The van der Waals surface area contributed by atoms with Crippen molar-refractivity contribution in [3.8, 4) is 5.75 Å². The first-order chi connectivity index (χ1) is 11.1. The first-order valence-corrected chi connectivity index (χ1v) is 8.84. The molecule has 1 aliphatic carbocycles. The molecular weight excluding hydrogens is 308 g/mol. The van der Waals surface area contributed by atoms with E-state index in [9.17, 15) is 4.79 Å². The van der Waals surface area contributed by atoms with Gasteiger partial charge < -0.3 is 10.1 Å². The molecule has 2 unspecified atom stereocenters. The summed E-state index contributed by atoms with van der Waals surface area (Å²) in [7, 11) is 1.68. The molecule has 1 amide bonds. The maximum absolute atomic E-state index is 13.0. The standard InChI is InChI=1S/C18H22N2O2S/c1-4-5-15-14-10-13(22-3)7-6-12(14)11-18(15,2)16(21)20-17-19-8-9-23-17/h6-10,15H,4-5,11H2,1-3H3,(H,19,20,21). The molecule has 1 aromatic carbocycles. The summed E-state index contributed by atoms with van der Waals surface area (Å²) in [5.74, 6) is 1.12. The zero-order valence-electron chi connectivity index (χ0n) is 13.8. The number of aromatic nitrogens is 1. The highest BCUT2D eigenvalue weighted by atomic mass is 32.1. The van der Waals surface area contributed by atoms with E-state index in [0.29, 0.717) is 5.13 Å². The van der Waals surface area contributed by atoms with Gasteiger partial charge in [-0.05, 0) is 48.9 Å². The monoisotopic (exact) mass is 330 g/mol. The van der Waals surface area contributed by atoms with Gasteiger partial charge in [0.1, 0.15) is 5.75 Å². The second-order valence-electron chi connectivity index (χ2n) is 6.29. The van der Waals surface area contributed by atoms with Crippen molar-refractivity contribution in [2.24, 2.45) is 5.41 Å². The van der Waals surface area contributed by atoms with Gasteiger partial charge in [0.05, 0.1) is 12.5 Å². The van der Waals surface area contributed by atoms with E-state index in [1.807, 2.05) is 11.4 Å². The Morgan fingerprint density at radius 1 is 1.52 bits per heavy atom. The highest BCUT2D eigenvalue weighted by molar-refractivity contribution is 7.13. The summed E-state index contributed by atoms with van der Waals surface area (Å²) >= 11 is 1.45. The van der Waals surface area contributed by atoms with Gasteiger partial charge in [0.2, 0.25) is 5.91 Å². The van der Waals surface area contributed by atoms with Crippen LogP contribution in [0.5, 0.6) is 5.75 Å². The summed E-state index contributed by atoms with van der Waals surface area (Å²) in [4.78, 5) is 17.1. The first kappa shape index (κ1) is 16.0. The van der Waals surface area contributed by atoms with Crippen LogP contribution in [0.4, 0.5) is 5.13 Å². The SMILES string of the molecule is CCCC1c2cc(OC)ccc2CC1(C)C(=O)Nc1nccs1. The van der Waals surface area contributed by atoms with Crippen molar-refractivity contribution in [1.82, 2.24) is 4.98 Å². The molecule has 0 saturated carbocycles. The third-order valence-electron chi connectivity index (χ3n) is 4.80. The highest BCUT2D eigenvalue weighted by Gasteiger charge is 2.47. The largest absolute Gasteiger partial charge is 0.497 e. The van der Waals surface area contributed by atoms with Crippen molar-refractivity contribution < 1.29 is 9.53 Å². The minimum absolute atomic E-state index is 0.0565. The second kappa shape index (κ2) is 6.32. The lowest BCUT2D eigenvalue weighted by atomic mass is 9.75. The van der Waals surface area contributed by atoms with E-state index in [1.54, 1.807) is 13.3 Å².